The van der Waals surface area contributed by atoms with Gasteiger partial charge >= 0.3 is 0 Å². The highest BCUT2D eigenvalue weighted by atomic mass is 19.1. The average Bonchev–Trinajstić information content (AvgIpc) is 2.74. The molecule has 1 unspecified atom stereocenters. The van der Waals surface area contributed by atoms with Crippen LogP contribution in [0.25, 0.3) is 0 Å². The van der Waals surface area contributed by atoms with Crippen molar-refractivity contribution < 1.29 is 13.9 Å². The van der Waals surface area contributed by atoms with Gasteiger partial charge in [-0.25, -0.2) is 4.39 Å². The van der Waals surface area contributed by atoms with E-state index in [9.17, 15) is 9.50 Å². The van der Waals surface area contributed by atoms with Crippen molar-refractivity contribution in [2.75, 3.05) is 11.9 Å². The lowest BCUT2D eigenvalue weighted by atomic mass is 10.1. The van der Waals surface area contributed by atoms with Crippen molar-refractivity contribution >= 4 is 5.69 Å². The Kier molecular flexibility index (Phi) is 3.90. The number of rotatable bonds is 4. The van der Waals surface area contributed by atoms with E-state index in [0.29, 0.717) is 12.1 Å². The first-order chi connectivity index (χ1) is 8.97. The van der Waals surface area contributed by atoms with Crippen LogP contribution in [0.2, 0.25) is 0 Å². The summed E-state index contributed by atoms with van der Waals surface area (Å²) in [7, 11) is 1.89. The number of aryl methyl sites for hydroxylation is 1. The molecule has 0 radical (unpaired) electrons. The van der Waals surface area contributed by atoms with Gasteiger partial charge < -0.3 is 14.4 Å². The predicted octanol–water partition coefficient (Wildman–Crippen LogP) is 3.42. The highest BCUT2D eigenvalue weighted by Gasteiger charge is 2.14. The average molecular weight is 263 g/mol. The summed E-state index contributed by atoms with van der Waals surface area (Å²) in [6.45, 7) is 4.09. The molecule has 0 bridgehead atoms. The standard InChI is InChI=1S/C15H18FNO2/c1-10-4-6-13(19-10)9-17(3)15-7-5-12(16)8-14(15)11(2)18/h4-8,11,18H,9H2,1-3H3. The van der Waals surface area contributed by atoms with E-state index in [-0.39, 0.29) is 5.82 Å². The molecule has 0 saturated carbocycles. The van der Waals surface area contributed by atoms with Gasteiger partial charge in [-0.2, -0.15) is 0 Å². The van der Waals surface area contributed by atoms with E-state index in [1.165, 1.54) is 12.1 Å². The van der Waals surface area contributed by atoms with Gasteiger partial charge in [0.25, 0.3) is 0 Å². The molecule has 2 aromatic rings. The van der Waals surface area contributed by atoms with Gasteiger partial charge in [-0.1, -0.05) is 0 Å². The van der Waals surface area contributed by atoms with Gasteiger partial charge in [-0.3, -0.25) is 0 Å². The monoisotopic (exact) mass is 263 g/mol. The lowest BCUT2D eigenvalue weighted by Gasteiger charge is -2.22. The Morgan fingerprint density at radius 1 is 1.32 bits per heavy atom. The minimum absolute atomic E-state index is 0.345. The van der Waals surface area contributed by atoms with Crippen LogP contribution in [0.15, 0.2) is 34.7 Å². The number of aliphatic hydroxyl groups is 1. The smallest absolute Gasteiger partial charge is 0.123 e. The fraction of sp³-hybridized carbons (Fsp3) is 0.333. The number of benzene rings is 1. The van der Waals surface area contributed by atoms with E-state index in [0.717, 1.165) is 17.2 Å². The number of hydrogen-bond donors (Lipinski definition) is 1. The molecule has 2 rings (SSSR count). The van der Waals surface area contributed by atoms with Crippen molar-refractivity contribution in [1.82, 2.24) is 0 Å². The maximum absolute atomic E-state index is 13.3. The highest BCUT2D eigenvalue weighted by Crippen LogP contribution is 2.27. The number of nitrogens with zero attached hydrogens (tertiary/aromatic N) is 1. The van der Waals surface area contributed by atoms with Crippen LogP contribution in [0, 0.1) is 12.7 Å². The van der Waals surface area contributed by atoms with Crippen molar-refractivity contribution in [3.05, 3.63) is 53.2 Å². The molecule has 0 spiro atoms. The van der Waals surface area contributed by atoms with Gasteiger partial charge in [0, 0.05) is 18.3 Å². The van der Waals surface area contributed by atoms with Crippen molar-refractivity contribution in [2.24, 2.45) is 0 Å². The fourth-order valence-electron chi connectivity index (χ4n) is 2.10. The van der Waals surface area contributed by atoms with Gasteiger partial charge in [0.2, 0.25) is 0 Å². The van der Waals surface area contributed by atoms with Crippen molar-refractivity contribution in [2.45, 2.75) is 26.5 Å². The summed E-state index contributed by atoms with van der Waals surface area (Å²) >= 11 is 0. The fourth-order valence-corrected chi connectivity index (χ4v) is 2.10. The molecule has 1 aromatic heterocycles. The molecule has 0 saturated heterocycles. The second kappa shape index (κ2) is 5.45. The summed E-state index contributed by atoms with van der Waals surface area (Å²) in [5, 5.41) is 9.73. The highest BCUT2D eigenvalue weighted by molar-refractivity contribution is 5.54. The van der Waals surface area contributed by atoms with Crippen LogP contribution in [-0.2, 0) is 6.54 Å². The molecular formula is C15H18FNO2. The zero-order valence-electron chi connectivity index (χ0n) is 11.4. The molecule has 0 aliphatic carbocycles. The Morgan fingerprint density at radius 2 is 2.05 bits per heavy atom. The van der Waals surface area contributed by atoms with Crippen LogP contribution >= 0.6 is 0 Å². The van der Waals surface area contributed by atoms with E-state index in [1.54, 1.807) is 13.0 Å². The molecule has 1 heterocycles. The Labute approximate surface area is 112 Å². The molecule has 0 aliphatic rings. The molecule has 3 nitrogen and oxygen atoms in total. The van der Waals surface area contributed by atoms with Gasteiger partial charge in [0.1, 0.15) is 17.3 Å². The van der Waals surface area contributed by atoms with E-state index in [2.05, 4.69) is 0 Å². The first kappa shape index (κ1) is 13.6. The van der Waals surface area contributed by atoms with Crippen LogP contribution in [-0.4, -0.2) is 12.2 Å². The zero-order chi connectivity index (χ0) is 14.0. The van der Waals surface area contributed by atoms with Gasteiger partial charge in [0.05, 0.1) is 12.6 Å². The first-order valence-corrected chi connectivity index (χ1v) is 6.21. The summed E-state index contributed by atoms with van der Waals surface area (Å²) in [4.78, 5) is 1.93. The molecule has 0 fully saturated rings. The number of furan rings is 1. The third-order valence-corrected chi connectivity index (χ3v) is 3.04. The second-order valence-electron chi connectivity index (χ2n) is 4.75. The van der Waals surface area contributed by atoms with Gasteiger partial charge in [-0.15, -0.1) is 0 Å². The van der Waals surface area contributed by atoms with Crippen LogP contribution < -0.4 is 4.90 Å². The molecule has 1 atom stereocenters. The Morgan fingerprint density at radius 3 is 2.63 bits per heavy atom. The van der Waals surface area contributed by atoms with Crippen molar-refractivity contribution in [1.29, 1.82) is 0 Å². The Balaban J connectivity index is 2.25. The normalized spacial score (nSPS) is 12.5. The number of halogens is 1. The third kappa shape index (κ3) is 3.15. The molecule has 0 aliphatic heterocycles. The Bertz CT molecular complexity index is 563. The zero-order valence-corrected chi connectivity index (χ0v) is 11.4. The second-order valence-corrected chi connectivity index (χ2v) is 4.75. The van der Waals surface area contributed by atoms with Gasteiger partial charge in [-0.05, 0) is 44.2 Å². The number of hydrogen-bond acceptors (Lipinski definition) is 3. The first-order valence-electron chi connectivity index (χ1n) is 6.21. The maximum Gasteiger partial charge on any atom is 0.123 e. The summed E-state index contributed by atoms with van der Waals surface area (Å²) in [5.41, 5.74) is 1.37. The van der Waals surface area contributed by atoms with Gasteiger partial charge in [0.15, 0.2) is 0 Å². The van der Waals surface area contributed by atoms with Crippen LogP contribution in [0.1, 0.15) is 30.1 Å². The van der Waals surface area contributed by atoms with Crippen molar-refractivity contribution in [3.63, 3.8) is 0 Å². The molecule has 0 amide bonds. The van der Waals surface area contributed by atoms with E-state index < -0.39 is 6.10 Å². The summed E-state index contributed by atoms with van der Waals surface area (Å²) in [6, 6.07) is 8.25. The number of anilines is 1. The number of aliphatic hydroxyl groups excluding tert-OH is 1. The maximum atomic E-state index is 13.3. The molecule has 1 aromatic carbocycles. The van der Waals surface area contributed by atoms with Crippen LogP contribution in [0.4, 0.5) is 10.1 Å². The molecule has 4 heteroatoms. The van der Waals surface area contributed by atoms with Crippen LogP contribution in [0.5, 0.6) is 0 Å². The predicted molar refractivity (Wildman–Crippen MR) is 72.6 cm³/mol. The molecule has 19 heavy (non-hydrogen) atoms. The molecule has 1 N–H and O–H groups in total. The third-order valence-electron chi connectivity index (χ3n) is 3.04. The lowest BCUT2D eigenvalue weighted by molar-refractivity contribution is 0.199. The van der Waals surface area contributed by atoms with E-state index in [4.69, 9.17) is 4.42 Å². The van der Waals surface area contributed by atoms with E-state index >= 15 is 0 Å². The Hall–Kier alpha value is -1.81. The van der Waals surface area contributed by atoms with Crippen molar-refractivity contribution in [3.8, 4) is 0 Å². The SMILES string of the molecule is Cc1ccc(CN(C)c2ccc(F)cc2C(C)O)o1. The summed E-state index contributed by atoms with van der Waals surface area (Å²) in [6.07, 6.45) is -0.716. The van der Waals surface area contributed by atoms with E-state index in [1.807, 2.05) is 31.0 Å². The topological polar surface area (TPSA) is 36.6 Å². The minimum Gasteiger partial charge on any atom is -0.464 e. The molecular weight excluding hydrogens is 245 g/mol. The minimum atomic E-state index is -0.716. The summed E-state index contributed by atoms with van der Waals surface area (Å²) in [5.74, 6) is 1.35. The lowest BCUT2D eigenvalue weighted by Crippen LogP contribution is -2.18. The largest absolute Gasteiger partial charge is 0.464 e. The summed E-state index contributed by atoms with van der Waals surface area (Å²) < 4.78 is 18.8. The molecule has 102 valence electrons. The quantitative estimate of drug-likeness (QED) is 0.918. The van der Waals surface area contributed by atoms with Crippen LogP contribution in [0.3, 0.4) is 0 Å².